The van der Waals surface area contributed by atoms with Crippen molar-refractivity contribution in [3.8, 4) is 0 Å². The Balaban J connectivity index is 2.90. The lowest BCUT2D eigenvalue weighted by atomic mass is 9.90. The van der Waals surface area contributed by atoms with Crippen LogP contribution >= 0.6 is 11.6 Å². The van der Waals surface area contributed by atoms with Crippen LogP contribution in [0.3, 0.4) is 0 Å². The van der Waals surface area contributed by atoms with E-state index >= 15 is 0 Å². The van der Waals surface area contributed by atoms with Crippen molar-refractivity contribution in [3.63, 3.8) is 0 Å². The number of hydrogen-bond acceptors (Lipinski definition) is 2. The van der Waals surface area contributed by atoms with E-state index in [9.17, 15) is 0 Å². The predicted molar refractivity (Wildman–Crippen MR) is 69.9 cm³/mol. The molecule has 1 rings (SSSR count). The monoisotopic (exact) mass is 240 g/mol. The fourth-order valence-corrected chi connectivity index (χ4v) is 1.70. The second kappa shape index (κ2) is 5.15. The lowest BCUT2D eigenvalue weighted by Gasteiger charge is -2.19. The molecule has 0 spiro atoms. The number of nitrogens with two attached hydrogens (primary N) is 1. The van der Waals surface area contributed by atoms with Gasteiger partial charge in [0.2, 0.25) is 0 Å². The molecule has 0 aromatic carbocycles. The molecule has 90 valence electrons. The van der Waals surface area contributed by atoms with Gasteiger partial charge < -0.3 is 5.73 Å². The number of nitrogens with zero attached hydrogens (tertiary/aromatic N) is 1. The summed E-state index contributed by atoms with van der Waals surface area (Å²) >= 11 is 6.03. The zero-order valence-corrected chi connectivity index (χ0v) is 11.3. The average molecular weight is 241 g/mol. The maximum absolute atomic E-state index is 6.03. The number of aryl methyl sites for hydroxylation is 1. The Morgan fingerprint density at radius 1 is 1.38 bits per heavy atom. The molecule has 0 bridgehead atoms. The van der Waals surface area contributed by atoms with Crippen LogP contribution in [0.4, 0.5) is 0 Å². The molecule has 0 saturated heterocycles. The second-order valence-corrected chi connectivity index (χ2v) is 5.84. The fraction of sp³-hybridized carbons (Fsp3) is 0.615. The third kappa shape index (κ3) is 4.11. The molecule has 0 aliphatic carbocycles. The van der Waals surface area contributed by atoms with Gasteiger partial charge in [-0.1, -0.05) is 32.4 Å². The highest BCUT2D eigenvalue weighted by molar-refractivity contribution is 6.29. The molecule has 0 saturated carbocycles. The summed E-state index contributed by atoms with van der Waals surface area (Å²) in [5.74, 6) is 0. The summed E-state index contributed by atoms with van der Waals surface area (Å²) < 4.78 is 0. The molecular weight excluding hydrogens is 220 g/mol. The molecule has 0 fully saturated rings. The fourth-order valence-electron chi connectivity index (χ4n) is 1.47. The average Bonchev–Trinajstić information content (AvgIpc) is 2.12. The van der Waals surface area contributed by atoms with Crippen LogP contribution in [0, 0.1) is 0 Å². The molecule has 0 amide bonds. The second-order valence-electron chi connectivity index (χ2n) is 5.45. The van der Waals surface area contributed by atoms with E-state index in [1.807, 2.05) is 13.0 Å². The third-order valence-electron chi connectivity index (χ3n) is 2.51. The molecule has 16 heavy (non-hydrogen) atoms. The molecule has 2 N–H and O–H groups in total. The summed E-state index contributed by atoms with van der Waals surface area (Å²) in [5.41, 5.74) is 8.05. The highest BCUT2D eigenvalue weighted by Crippen LogP contribution is 2.23. The van der Waals surface area contributed by atoms with Gasteiger partial charge in [-0.15, -0.1) is 0 Å². The topological polar surface area (TPSA) is 38.9 Å². The van der Waals surface area contributed by atoms with E-state index in [0.29, 0.717) is 5.15 Å². The lowest BCUT2D eigenvalue weighted by Crippen LogP contribution is -2.17. The standard InChI is InChI=1S/C13H21ClN2/c1-9(15)5-6-10-7-11(13(2,3)4)16-12(14)8-10/h7-9H,5-6,15H2,1-4H3/t9-/m1/s1. The van der Waals surface area contributed by atoms with Crippen LogP contribution in [-0.2, 0) is 11.8 Å². The zero-order valence-electron chi connectivity index (χ0n) is 10.5. The van der Waals surface area contributed by atoms with Gasteiger partial charge in [-0.2, -0.15) is 0 Å². The van der Waals surface area contributed by atoms with Crippen LogP contribution in [0.5, 0.6) is 0 Å². The van der Waals surface area contributed by atoms with Gasteiger partial charge in [-0.05, 0) is 37.5 Å². The van der Waals surface area contributed by atoms with Crippen LogP contribution < -0.4 is 5.73 Å². The summed E-state index contributed by atoms with van der Waals surface area (Å²) in [6.07, 6.45) is 1.94. The first-order valence-corrected chi connectivity index (χ1v) is 6.09. The number of hydrogen-bond donors (Lipinski definition) is 1. The van der Waals surface area contributed by atoms with Crippen molar-refractivity contribution in [2.24, 2.45) is 5.73 Å². The lowest BCUT2D eigenvalue weighted by molar-refractivity contribution is 0.566. The summed E-state index contributed by atoms with van der Waals surface area (Å²) in [6, 6.07) is 4.29. The van der Waals surface area contributed by atoms with Gasteiger partial charge in [-0.3, -0.25) is 0 Å². The summed E-state index contributed by atoms with van der Waals surface area (Å²) in [7, 11) is 0. The van der Waals surface area contributed by atoms with E-state index in [-0.39, 0.29) is 11.5 Å². The molecule has 0 radical (unpaired) electrons. The third-order valence-corrected chi connectivity index (χ3v) is 2.70. The van der Waals surface area contributed by atoms with Gasteiger partial charge >= 0.3 is 0 Å². The van der Waals surface area contributed by atoms with Crippen LogP contribution in [-0.4, -0.2) is 11.0 Å². The maximum Gasteiger partial charge on any atom is 0.129 e. The Kier molecular flexibility index (Phi) is 4.34. The smallest absolute Gasteiger partial charge is 0.129 e. The predicted octanol–water partition coefficient (Wildman–Crippen LogP) is 3.31. The number of pyridine rings is 1. The normalized spacial score (nSPS) is 13.9. The Morgan fingerprint density at radius 2 is 2.00 bits per heavy atom. The zero-order chi connectivity index (χ0) is 12.3. The van der Waals surface area contributed by atoms with Crippen molar-refractivity contribution < 1.29 is 0 Å². The van der Waals surface area contributed by atoms with E-state index in [1.54, 1.807) is 0 Å². The molecule has 0 aliphatic rings. The molecule has 0 unspecified atom stereocenters. The highest BCUT2D eigenvalue weighted by Gasteiger charge is 2.16. The number of rotatable bonds is 3. The molecule has 1 heterocycles. The minimum absolute atomic E-state index is 0.0357. The first-order chi connectivity index (χ1) is 7.29. The summed E-state index contributed by atoms with van der Waals surface area (Å²) in [4.78, 5) is 4.37. The van der Waals surface area contributed by atoms with Crippen LogP contribution in [0.25, 0.3) is 0 Å². The van der Waals surface area contributed by atoms with E-state index < -0.39 is 0 Å². The summed E-state index contributed by atoms with van der Waals surface area (Å²) in [5, 5.41) is 0.576. The van der Waals surface area contributed by atoms with E-state index in [0.717, 1.165) is 18.5 Å². The van der Waals surface area contributed by atoms with Crippen molar-refractivity contribution in [2.75, 3.05) is 0 Å². The van der Waals surface area contributed by atoms with Gasteiger partial charge in [0.1, 0.15) is 5.15 Å². The Labute approximate surface area is 103 Å². The van der Waals surface area contributed by atoms with Crippen molar-refractivity contribution in [2.45, 2.75) is 52.0 Å². The largest absolute Gasteiger partial charge is 0.328 e. The minimum Gasteiger partial charge on any atom is -0.328 e. The van der Waals surface area contributed by atoms with Crippen molar-refractivity contribution >= 4 is 11.6 Å². The number of aromatic nitrogens is 1. The van der Waals surface area contributed by atoms with Crippen LogP contribution in [0.1, 0.15) is 45.4 Å². The molecule has 1 atom stereocenters. The maximum atomic E-state index is 6.03. The number of halogens is 1. The van der Waals surface area contributed by atoms with Gasteiger partial charge in [0.05, 0.1) is 0 Å². The van der Waals surface area contributed by atoms with Gasteiger partial charge in [-0.25, -0.2) is 4.98 Å². The van der Waals surface area contributed by atoms with Crippen molar-refractivity contribution in [3.05, 3.63) is 28.5 Å². The van der Waals surface area contributed by atoms with Crippen molar-refractivity contribution in [1.29, 1.82) is 0 Å². The molecule has 0 aliphatic heterocycles. The molecule has 3 heteroatoms. The Morgan fingerprint density at radius 3 is 2.50 bits per heavy atom. The quantitative estimate of drug-likeness (QED) is 0.824. The van der Waals surface area contributed by atoms with Gasteiger partial charge in [0.25, 0.3) is 0 Å². The van der Waals surface area contributed by atoms with E-state index in [2.05, 4.69) is 31.8 Å². The molecule has 2 nitrogen and oxygen atoms in total. The molecule has 1 aromatic heterocycles. The SMILES string of the molecule is C[C@@H](N)CCc1cc(Cl)nc(C(C)(C)C)c1. The van der Waals surface area contributed by atoms with E-state index in [4.69, 9.17) is 17.3 Å². The molecular formula is C13H21ClN2. The minimum atomic E-state index is 0.0357. The highest BCUT2D eigenvalue weighted by atomic mass is 35.5. The van der Waals surface area contributed by atoms with E-state index in [1.165, 1.54) is 5.56 Å². The Hall–Kier alpha value is -0.600. The Bertz CT molecular complexity index is 353. The molecule has 1 aromatic rings. The first-order valence-electron chi connectivity index (χ1n) is 5.71. The van der Waals surface area contributed by atoms with Gasteiger partial charge in [0, 0.05) is 17.2 Å². The van der Waals surface area contributed by atoms with Crippen molar-refractivity contribution in [1.82, 2.24) is 4.98 Å². The van der Waals surface area contributed by atoms with Crippen LogP contribution in [0.2, 0.25) is 5.15 Å². The first kappa shape index (κ1) is 13.5. The van der Waals surface area contributed by atoms with Gasteiger partial charge in [0.15, 0.2) is 0 Å². The van der Waals surface area contributed by atoms with Crippen LogP contribution in [0.15, 0.2) is 12.1 Å². The summed E-state index contributed by atoms with van der Waals surface area (Å²) in [6.45, 7) is 8.44.